The first-order valence-corrected chi connectivity index (χ1v) is 7.23. The molecule has 0 aromatic heterocycles. The highest BCUT2D eigenvalue weighted by Gasteiger charge is 2.22. The van der Waals surface area contributed by atoms with Crippen molar-refractivity contribution in [2.75, 3.05) is 13.7 Å². The fourth-order valence-electron chi connectivity index (χ4n) is 2.80. The maximum Gasteiger partial charge on any atom is 0.333 e. The molecule has 0 bridgehead atoms. The number of nitrogens with one attached hydrogen (secondary N) is 1. The van der Waals surface area contributed by atoms with E-state index in [4.69, 9.17) is 4.74 Å². The number of hydrogen-bond donors (Lipinski definition) is 1. The number of carbonyl (C=O) groups is 1. The van der Waals surface area contributed by atoms with Gasteiger partial charge in [-0.3, -0.25) is 0 Å². The average Bonchev–Trinajstić information content (AvgIpc) is 2.43. The predicted molar refractivity (Wildman–Crippen MR) is 74.4 cm³/mol. The van der Waals surface area contributed by atoms with E-state index in [1.54, 1.807) is 0 Å². The Labute approximate surface area is 111 Å². The van der Waals surface area contributed by atoms with E-state index in [-0.39, 0.29) is 5.97 Å². The van der Waals surface area contributed by atoms with Crippen molar-refractivity contribution in [1.29, 1.82) is 0 Å². The molecule has 2 unspecified atom stereocenters. The summed E-state index contributed by atoms with van der Waals surface area (Å²) in [7, 11) is 1.44. The molecule has 0 aromatic rings. The van der Waals surface area contributed by atoms with Crippen LogP contribution < -0.4 is 5.32 Å². The standard InChI is InChI=1S/C15H27NO2/c1-4-12-8-6-7-9-14(12)16-11-10-13(5-2)15(17)18-3/h10,12,14,16H,4-9,11H2,1-3H3/b13-10-. The summed E-state index contributed by atoms with van der Waals surface area (Å²) in [4.78, 5) is 11.4. The van der Waals surface area contributed by atoms with E-state index in [2.05, 4.69) is 12.2 Å². The minimum absolute atomic E-state index is 0.199. The van der Waals surface area contributed by atoms with Gasteiger partial charge in [0, 0.05) is 18.2 Å². The van der Waals surface area contributed by atoms with Gasteiger partial charge in [-0.15, -0.1) is 0 Å². The second-order valence-electron chi connectivity index (χ2n) is 5.04. The van der Waals surface area contributed by atoms with Gasteiger partial charge in [-0.25, -0.2) is 4.79 Å². The summed E-state index contributed by atoms with van der Waals surface area (Å²) >= 11 is 0. The van der Waals surface area contributed by atoms with Crippen molar-refractivity contribution >= 4 is 5.97 Å². The molecular formula is C15H27NO2. The van der Waals surface area contributed by atoms with E-state index in [0.29, 0.717) is 6.04 Å². The fourth-order valence-corrected chi connectivity index (χ4v) is 2.80. The Morgan fingerprint density at radius 2 is 2.06 bits per heavy atom. The lowest BCUT2D eigenvalue weighted by atomic mass is 9.83. The minimum Gasteiger partial charge on any atom is -0.466 e. The van der Waals surface area contributed by atoms with Crippen LogP contribution in [0.3, 0.4) is 0 Å². The van der Waals surface area contributed by atoms with Crippen molar-refractivity contribution in [1.82, 2.24) is 5.32 Å². The molecule has 3 nitrogen and oxygen atoms in total. The third kappa shape index (κ3) is 4.45. The molecule has 3 heteroatoms. The smallest absolute Gasteiger partial charge is 0.333 e. The second kappa shape index (κ2) is 8.30. The summed E-state index contributed by atoms with van der Waals surface area (Å²) in [5.41, 5.74) is 0.772. The Balaban J connectivity index is 2.43. The highest BCUT2D eigenvalue weighted by Crippen LogP contribution is 2.26. The van der Waals surface area contributed by atoms with E-state index in [0.717, 1.165) is 24.5 Å². The summed E-state index contributed by atoms with van der Waals surface area (Å²) in [6, 6.07) is 0.621. The zero-order valence-corrected chi connectivity index (χ0v) is 12.0. The molecule has 0 aliphatic heterocycles. The molecule has 2 atom stereocenters. The van der Waals surface area contributed by atoms with Crippen LogP contribution in [0.5, 0.6) is 0 Å². The Morgan fingerprint density at radius 3 is 2.67 bits per heavy atom. The zero-order chi connectivity index (χ0) is 13.4. The largest absolute Gasteiger partial charge is 0.466 e. The van der Waals surface area contributed by atoms with Crippen LogP contribution in [0.2, 0.25) is 0 Å². The molecule has 1 saturated carbocycles. The van der Waals surface area contributed by atoms with E-state index in [1.807, 2.05) is 13.0 Å². The van der Waals surface area contributed by atoms with Crippen LogP contribution in [0.1, 0.15) is 52.4 Å². The molecule has 0 amide bonds. The molecule has 1 aliphatic rings. The van der Waals surface area contributed by atoms with Crippen LogP contribution in [0.15, 0.2) is 11.6 Å². The molecule has 0 heterocycles. The van der Waals surface area contributed by atoms with Gasteiger partial charge in [-0.05, 0) is 25.2 Å². The van der Waals surface area contributed by atoms with Crippen LogP contribution in [-0.4, -0.2) is 25.7 Å². The minimum atomic E-state index is -0.199. The van der Waals surface area contributed by atoms with Crippen molar-refractivity contribution < 1.29 is 9.53 Å². The Kier molecular flexibility index (Phi) is 7.02. The molecule has 1 rings (SSSR count). The molecule has 18 heavy (non-hydrogen) atoms. The van der Waals surface area contributed by atoms with Crippen molar-refractivity contribution in [3.05, 3.63) is 11.6 Å². The van der Waals surface area contributed by atoms with Gasteiger partial charge in [0.1, 0.15) is 0 Å². The molecule has 1 N–H and O–H groups in total. The van der Waals surface area contributed by atoms with Gasteiger partial charge in [-0.2, -0.15) is 0 Å². The topological polar surface area (TPSA) is 38.3 Å². The van der Waals surface area contributed by atoms with Crippen LogP contribution in [0.25, 0.3) is 0 Å². The molecule has 1 fully saturated rings. The Hall–Kier alpha value is -0.830. The molecule has 0 saturated heterocycles. The Morgan fingerprint density at radius 1 is 1.33 bits per heavy atom. The molecular weight excluding hydrogens is 226 g/mol. The van der Waals surface area contributed by atoms with Gasteiger partial charge in [0.05, 0.1) is 7.11 Å². The number of methoxy groups -OCH3 is 1. The van der Waals surface area contributed by atoms with Crippen LogP contribution in [0, 0.1) is 5.92 Å². The lowest BCUT2D eigenvalue weighted by molar-refractivity contribution is -0.136. The SMILES string of the molecule is CC/C(=C/CNC1CCCCC1CC)C(=O)OC. The monoisotopic (exact) mass is 253 g/mol. The predicted octanol–water partition coefficient (Wildman–Crippen LogP) is 3.05. The van der Waals surface area contributed by atoms with Crippen molar-refractivity contribution in [3.63, 3.8) is 0 Å². The average molecular weight is 253 g/mol. The Bertz CT molecular complexity index is 286. The zero-order valence-electron chi connectivity index (χ0n) is 12.0. The van der Waals surface area contributed by atoms with Crippen molar-refractivity contribution in [3.8, 4) is 0 Å². The van der Waals surface area contributed by atoms with E-state index < -0.39 is 0 Å². The fraction of sp³-hybridized carbons (Fsp3) is 0.800. The van der Waals surface area contributed by atoms with Crippen molar-refractivity contribution in [2.24, 2.45) is 5.92 Å². The van der Waals surface area contributed by atoms with Crippen LogP contribution in [-0.2, 0) is 9.53 Å². The quantitative estimate of drug-likeness (QED) is 0.584. The maximum atomic E-state index is 11.4. The molecule has 104 valence electrons. The van der Waals surface area contributed by atoms with Gasteiger partial charge >= 0.3 is 5.97 Å². The molecule has 0 spiro atoms. The van der Waals surface area contributed by atoms with E-state index >= 15 is 0 Å². The number of esters is 1. The first kappa shape index (κ1) is 15.2. The van der Waals surface area contributed by atoms with Crippen molar-refractivity contribution in [2.45, 2.75) is 58.4 Å². The second-order valence-corrected chi connectivity index (χ2v) is 5.04. The number of ether oxygens (including phenoxy) is 1. The highest BCUT2D eigenvalue weighted by molar-refractivity contribution is 5.88. The highest BCUT2D eigenvalue weighted by atomic mass is 16.5. The van der Waals surface area contributed by atoms with Crippen LogP contribution in [0.4, 0.5) is 0 Å². The molecule has 0 aromatic carbocycles. The van der Waals surface area contributed by atoms with Gasteiger partial charge in [0.25, 0.3) is 0 Å². The van der Waals surface area contributed by atoms with Gasteiger partial charge < -0.3 is 10.1 Å². The summed E-state index contributed by atoms with van der Waals surface area (Å²) in [5.74, 6) is 0.602. The summed E-state index contributed by atoms with van der Waals surface area (Å²) in [6.07, 6.45) is 9.27. The lowest BCUT2D eigenvalue weighted by Crippen LogP contribution is -2.38. The normalized spacial score (nSPS) is 24.9. The number of carbonyl (C=O) groups excluding carboxylic acids is 1. The number of rotatable bonds is 6. The summed E-state index contributed by atoms with van der Waals surface area (Å²) in [5, 5.41) is 3.58. The first-order valence-electron chi connectivity index (χ1n) is 7.23. The number of hydrogen-bond acceptors (Lipinski definition) is 3. The van der Waals surface area contributed by atoms with Gasteiger partial charge in [0.15, 0.2) is 0 Å². The van der Waals surface area contributed by atoms with Gasteiger partial charge in [-0.1, -0.05) is 39.2 Å². The summed E-state index contributed by atoms with van der Waals surface area (Å²) in [6.45, 7) is 5.03. The molecule has 0 radical (unpaired) electrons. The third-order valence-corrected chi connectivity index (χ3v) is 3.99. The van der Waals surface area contributed by atoms with E-state index in [9.17, 15) is 4.79 Å². The maximum absolute atomic E-state index is 11.4. The first-order chi connectivity index (χ1) is 8.72. The van der Waals surface area contributed by atoms with Gasteiger partial charge in [0.2, 0.25) is 0 Å². The lowest BCUT2D eigenvalue weighted by Gasteiger charge is -2.31. The van der Waals surface area contributed by atoms with E-state index in [1.165, 1.54) is 39.2 Å². The van der Waals surface area contributed by atoms with Crippen LogP contribution >= 0.6 is 0 Å². The third-order valence-electron chi connectivity index (χ3n) is 3.99. The molecule has 1 aliphatic carbocycles. The summed E-state index contributed by atoms with van der Waals surface area (Å²) < 4.78 is 4.75.